The summed E-state index contributed by atoms with van der Waals surface area (Å²) < 4.78 is 0. The highest BCUT2D eigenvalue weighted by Gasteiger charge is 2.30. The minimum atomic E-state index is -1.07. The molecule has 1 heterocycles. The van der Waals surface area contributed by atoms with Crippen molar-refractivity contribution < 1.29 is 14.7 Å². The molecular weight excluding hydrogens is 248 g/mol. The minimum absolute atomic E-state index is 0.0624. The van der Waals surface area contributed by atoms with Crippen molar-refractivity contribution in [1.29, 1.82) is 0 Å². The van der Waals surface area contributed by atoms with E-state index in [0.717, 1.165) is 12.8 Å². The topological polar surface area (TPSA) is 99.3 Å². The molecule has 19 heavy (non-hydrogen) atoms. The van der Waals surface area contributed by atoms with Gasteiger partial charge in [0.2, 0.25) is 0 Å². The van der Waals surface area contributed by atoms with Gasteiger partial charge in [0.05, 0.1) is 0 Å². The average Bonchev–Trinajstić information content (AvgIpc) is 3.11. The predicted molar refractivity (Wildman–Crippen MR) is 68.0 cm³/mol. The van der Waals surface area contributed by atoms with Gasteiger partial charge in [-0.3, -0.25) is 9.59 Å². The molecule has 6 heteroatoms. The van der Waals surface area contributed by atoms with Crippen molar-refractivity contribution in [2.45, 2.75) is 32.2 Å². The molecular formula is C13H16N2O4. The first kappa shape index (κ1) is 13.3. The summed E-state index contributed by atoms with van der Waals surface area (Å²) in [7, 11) is 0. The molecule has 6 nitrogen and oxygen atoms in total. The fraction of sp³-hybridized carbons (Fsp3) is 0.462. The van der Waals surface area contributed by atoms with Gasteiger partial charge in [-0.2, -0.15) is 0 Å². The maximum absolute atomic E-state index is 11.9. The molecule has 0 aliphatic heterocycles. The van der Waals surface area contributed by atoms with Crippen LogP contribution in [-0.4, -0.2) is 28.0 Å². The van der Waals surface area contributed by atoms with E-state index in [4.69, 9.17) is 5.11 Å². The highest BCUT2D eigenvalue weighted by molar-refractivity contribution is 5.96. The van der Waals surface area contributed by atoms with E-state index < -0.39 is 23.5 Å². The lowest BCUT2D eigenvalue weighted by atomic mass is 10.1. The fourth-order valence-electron chi connectivity index (χ4n) is 1.90. The summed E-state index contributed by atoms with van der Waals surface area (Å²) in [6.07, 6.45) is 2.43. The number of amides is 1. The van der Waals surface area contributed by atoms with Crippen LogP contribution < -0.4 is 10.9 Å². The Morgan fingerprint density at radius 3 is 2.68 bits per heavy atom. The van der Waals surface area contributed by atoms with E-state index >= 15 is 0 Å². The number of nitrogens with one attached hydrogen (secondary N) is 2. The summed E-state index contributed by atoms with van der Waals surface area (Å²) in [5, 5.41) is 11.5. The van der Waals surface area contributed by atoms with Crippen LogP contribution in [0.1, 0.15) is 35.3 Å². The van der Waals surface area contributed by atoms with Gasteiger partial charge >= 0.3 is 5.97 Å². The maximum atomic E-state index is 11.9. The third kappa shape index (κ3) is 3.43. The standard InChI is InChI=1S/C13H16N2O4/c1-7-2-5-9(11(16)14-7)12(17)15-10(13(18)19)6-8-3-4-8/h2,5,8,10H,3-4,6H2,1H3,(H,14,16)(H,15,17)(H,18,19). The number of hydrogen-bond acceptors (Lipinski definition) is 3. The van der Waals surface area contributed by atoms with Crippen molar-refractivity contribution in [2.75, 3.05) is 0 Å². The van der Waals surface area contributed by atoms with Gasteiger partial charge in [0.15, 0.2) is 0 Å². The second-order valence-corrected chi connectivity index (χ2v) is 4.93. The van der Waals surface area contributed by atoms with Crippen LogP contribution in [0.15, 0.2) is 16.9 Å². The number of H-pyrrole nitrogens is 1. The van der Waals surface area contributed by atoms with Gasteiger partial charge in [-0.05, 0) is 31.4 Å². The lowest BCUT2D eigenvalue weighted by molar-refractivity contribution is -0.139. The Kier molecular flexibility index (Phi) is 3.69. The summed E-state index contributed by atoms with van der Waals surface area (Å²) in [6, 6.07) is 2.08. The normalized spacial score (nSPS) is 15.8. The third-order valence-corrected chi connectivity index (χ3v) is 3.17. The lowest BCUT2D eigenvalue weighted by Gasteiger charge is -2.13. The number of carbonyl (C=O) groups is 2. The molecule has 1 aliphatic rings. The number of hydrogen-bond donors (Lipinski definition) is 3. The summed E-state index contributed by atoms with van der Waals surface area (Å²) in [5.41, 5.74) is 0.0787. The Hall–Kier alpha value is -2.11. The Morgan fingerprint density at radius 2 is 2.16 bits per heavy atom. The Morgan fingerprint density at radius 1 is 1.47 bits per heavy atom. The Balaban J connectivity index is 2.09. The zero-order valence-corrected chi connectivity index (χ0v) is 10.6. The predicted octanol–water partition coefficient (Wildman–Crippen LogP) is 0.666. The number of aryl methyl sites for hydroxylation is 1. The van der Waals surface area contributed by atoms with Crippen LogP contribution in [0.25, 0.3) is 0 Å². The summed E-state index contributed by atoms with van der Waals surface area (Å²) >= 11 is 0. The van der Waals surface area contributed by atoms with E-state index in [-0.39, 0.29) is 5.56 Å². The van der Waals surface area contributed by atoms with Crippen molar-refractivity contribution in [3.05, 3.63) is 33.7 Å². The quantitative estimate of drug-likeness (QED) is 0.727. The highest BCUT2D eigenvalue weighted by Crippen LogP contribution is 2.33. The smallest absolute Gasteiger partial charge is 0.326 e. The molecule has 1 fully saturated rings. The first-order valence-electron chi connectivity index (χ1n) is 6.21. The van der Waals surface area contributed by atoms with Crippen LogP contribution in [0.5, 0.6) is 0 Å². The number of carbonyl (C=O) groups excluding carboxylic acids is 1. The van der Waals surface area contributed by atoms with Gasteiger partial charge in [-0.1, -0.05) is 12.8 Å². The number of carboxylic acid groups (broad SMARTS) is 1. The summed E-state index contributed by atoms with van der Waals surface area (Å²) in [4.78, 5) is 37.1. The number of aliphatic carboxylic acids is 1. The molecule has 1 saturated carbocycles. The van der Waals surface area contributed by atoms with Crippen LogP contribution in [0.4, 0.5) is 0 Å². The van der Waals surface area contributed by atoms with Crippen LogP contribution in [-0.2, 0) is 4.79 Å². The van der Waals surface area contributed by atoms with E-state index in [0.29, 0.717) is 18.0 Å². The molecule has 1 aliphatic carbocycles. The van der Waals surface area contributed by atoms with E-state index in [9.17, 15) is 14.4 Å². The van der Waals surface area contributed by atoms with Crippen molar-refractivity contribution in [2.24, 2.45) is 5.92 Å². The lowest BCUT2D eigenvalue weighted by Crippen LogP contribution is -2.42. The molecule has 1 atom stereocenters. The second-order valence-electron chi connectivity index (χ2n) is 4.93. The zero-order valence-electron chi connectivity index (χ0n) is 10.6. The Bertz CT molecular complexity index is 560. The van der Waals surface area contributed by atoms with Gasteiger partial charge in [-0.15, -0.1) is 0 Å². The minimum Gasteiger partial charge on any atom is -0.480 e. The number of aromatic nitrogens is 1. The van der Waals surface area contributed by atoms with Crippen LogP contribution >= 0.6 is 0 Å². The van der Waals surface area contributed by atoms with E-state index in [1.54, 1.807) is 13.0 Å². The molecule has 0 saturated heterocycles. The van der Waals surface area contributed by atoms with Gasteiger partial charge < -0.3 is 15.4 Å². The molecule has 102 valence electrons. The maximum Gasteiger partial charge on any atom is 0.326 e. The van der Waals surface area contributed by atoms with Crippen molar-refractivity contribution >= 4 is 11.9 Å². The molecule has 2 rings (SSSR count). The molecule has 1 aromatic heterocycles. The van der Waals surface area contributed by atoms with Gasteiger partial charge in [-0.25, -0.2) is 4.79 Å². The monoisotopic (exact) mass is 264 g/mol. The number of aromatic amines is 1. The number of rotatable bonds is 5. The molecule has 1 aromatic rings. The largest absolute Gasteiger partial charge is 0.480 e. The third-order valence-electron chi connectivity index (χ3n) is 3.17. The summed E-state index contributed by atoms with van der Waals surface area (Å²) in [5.74, 6) is -1.34. The van der Waals surface area contributed by atoms with Crippen molar-refractivity contribution in [3.63, 3.8) is 0 Å². The first-order chi connectivity index (χ1) is 8.97. The molecule has 1 unspecified atom stereocenters. The van der Waals surface area contributed by atoms with Gasteiger partial charge in [0.1, 0.15) is 11.6 Å². The molecule has 0 bridgehead atoms. The van der Waals surface area contributed by atoms with E-state index in [1.807, 2.05) is 0 Å². The second kappa shape index (κ2) is 5.26. The van der Waals surface area contributed by atoms with E-state index in [2.05, 4.69) is 10.3 Å². The molecule has 3 N–H and O–H groups in total. The number of carboxylic acids is 1. The van der Waals surface area contributed by atoms with Crippen LogP contribution in [0.3, 0.4) is 0 Å². The van der Waals surface area contributed by atoms with Crippen molar-refractivity contribution in [1.82, 2.24) is 10.3 Å². The van der Waals surface area contributed by atoms with Gasteiger partial charge in [0.25, 0.3) is 11.5 Å². The van der Waals surface area contributed by atoms with Crippen LogP contribution in [0.2, 0.25) is 0 Å². The summed E-state index contributed by atoms with van der Waals surface area (Å²) in [6.45, 7) is 1.70. The SMILES string of the molecule is Cc1ccc(C(=O)NC(CC2CC2)C(=O)O)c(=O)[nH]1. The first-order valence-corrected chi connectivity index (χ1v) is 6.21. The van der Waals surface area contributed by atoms with E-state index in [1.165, 1.54) is 6.07 Å². The highest BCUT2D eigenvalue weighted by atomic mass is 16.4. The fourth-order valence-corrected chi connectivity index (χ4v) is 1.90. The number of pyridine rings is 1. The van der Waals surface area contributed by atoms with Crippen LogP contribution in [0, 0.1) is 12.8 Å². The molecule has 0 spiro atoms. The van der Waals surface area contributed by atoms with Crippen molar-refractivity contribution in [3.8, 4) is 0 Å². The van der Waals surface area contributed by atoms with Gasteiger partial charge in [0, 0.05) is 5.69 Å². The molecule has 0 aromatic carbocycles. The zero-order chi connectivity index (χ0) is 14.0. The molecule has 1 amide bonds. The average molecular weight is 264 g/mol. The Labute approximate surface area is 109 Å². The molecule has 0 radical (unpaired) electrons.